The average Bonchev–Trinajstić information content (AvgIpc) is 3.18. The van der Waals surface area contributed by atoms with Gasteiger partial charge in [-0.15, -0.1) is 0 Å². The fourth-order valence-electron chi connectivity index (χ4n) is 3.38. The number of rotatable bonds is 4. The summed E-state index contributed by atoms with van der Waals surface area (Å²) in [7, 11) is 0. The Balaban J connectivity index is 1.70. The number of hydrogen-bond donors (Lipinski definition) is 2. The SMILES string of the molecule is CS[C@@H]1C[C@@H](n2ccc3c(Sc4ccccc4)ncnc32)[C@H](O)[C@H]1O. The molecule has 0 saturated heterocycles. The first-order valence-corrected chi connectivity index (χ1v) is 10.2. The number of hydrogen-bond acceptors (Lipinski definition) is 6. The fraction of sp³-hybridized carbons (Fsp3) is 0.333. The van der Waals surface area contributed by atoms with Gasteiger partial charge in [0.15, 0.2) is 0 Å². The van der Waals surface area contributed by atoms with Crippen LogP contribution >= 0.6 is 23.5 Å². The second-order valence-electron chi connectivity index (χ2n) is 6.11. The lowest BCUT2D eigenvalue weighted by Gasteiger charge is -2.18. The molecule has 0 radical (unpaired) electrons. The summed E-state index contributed by atoms with van der Waals surface area (Å²) in [5, 5.41) is 22.6. The van der Waals surface area contributed by atoms with Gasteiger partial charge in [-0.25, -0.2) is 9.97 Å². The van der Waals surface area contributed by atoms with Crippen molar-refractivity contribution in [3.8, 4) is 0 Å². The van der Waals surface area contributed by atoms with Crippen LogP contribution in [0.4, 0.5) is 0 Å². The van der Waals surface area contributed by atoms with E-state index in [9.17, 15) is 10.2 Å². The monoisotopic (exact) mass is 373 g/mol. The maximum atomic E-state index is 10.5. The quantitative estimate of drug-likeness (QED) is 0.685. The highest BCUT2D eigenvalue weighted by atomic mass is 32.2. The Bertz CT molecular complexity index is 871. The summed E-state index contributed by atoms with van der Waals surface area (Å²) in [5.74, 6) is 0. The summed E-state index contributed by atoms with van der Waals surface area (Å²) in [6, 6.07) is 11.9. The number of fused-ring (bicyclic) bond motifs is 1. The maximum absolute atomic E-state index is 10.5. The molecule has 7 heteroatoms. The molecule has 0 aliphatic heterocycles. The molecular weight excluding hydrogens is 354 g/mol. The van der Waals surface area contributed by atoms with E-state index in [2.05, 4.69) is 22.1 Å². The van der Waals surface area contributed by atoms with Crippen molar-refractivity contribution in [1.82, 2.24) is 14.5 Å². The molecule has 5 nitrogen and oxygen atoms in total. The predicted molar refractivity (Wildman–Crippen MR) is 101 cm³/mol. The van der Waals surface area contributed by atoms with Crippen molar-refractivity contribution in [2.45, 2.75) is 39.8 Å². The van der Waals surface area contributed by atoms with E-state index in [1.54, 1.807) is 29.9 Å². The highest BCUT2D eigenvalue weighted by Gasteiger charge is 2.42. The molecule has 25 heavy (non-hydrogen) atoms. The van der Waals surface area contributed by atoms with Gasteiger partial charge in [0.1, 0.15) is 23.1 Å². The predicted octanol–water partition coefficient (Wildman–Crippen LogP) is 2.98. The van der Waals surface area contributed by atoms with Crippen molar-refractivity contribution >= 4 is 34.6 Å². The van der Waals surface area contributed by atoms with Gasteiger partial charge in [-0.2, -0.15) is 11.8 Å². The van der Waals surface area contributed by atoms with Crippen molar-refractivity contribution in [1.29, 1.82) is 0 Å². The van der Waals surface area contributed by atoms with Crippen molar-refractivity contribution < 1.29 is 10.2 Å². The Kier molecular flexibility index (Phi) is 4.73. The second kappa shape index (κ2) is 6.99. The molecule has 1 aromatic carbocycles. The lowest BCUT2D eigenvalue weighted by Crippen LogP contribution is -2.30. The normalized spacial score (nSPS) is 26.4. The molecule has 1 saturated carbocycles. The van der Waals surface area contributed by atoms with E-state index in [0.717, 1.165) is 27.4 Å². The highest BCUT2D eigenvalue weighted by molar-refractivity contribution is 7.99. The zero-order valence-electron chi connectivity index (χ0n) is 13.7. The van der Waals surface area contributed by atoms with E-state index >= 15 is 0 Å². The van der Waals surface area contributed by atoms with Gasteiger partial charge in [0.2, 0.25) is 0 Å². The Morgan fingerprint density at radius 2 is 1.88 bits per heavy atom. The fourth-order valence-corrected chi connectivity index (χ4v) is 5.09. The first-order valence-electron chi connectivity index (χ1n) is 8.12. The number of aliphatic hydroxyl groups is 2. The zero-order valence-corrected chi connectivity index (χ0v) is 15.3. The van der Waals surface area contributed by atoms with Gasteiger partial charge >= 0.3 is 0 Å². The van der Waals surface area contributed by atoms with Crippen LogP contribution < -0.4 is 0 Å². The highest BCUT2D eigenvalue weighted by Crippen LogP contribution is 2.39. The molecule has 1 aliphatic carbocycles. The Morgan fingerprint density at radius 1 is 1.08 bits per heavy atom. The smallest absolute Gasteiger partial charge is 0.144 e. The Labute approximate surface area is 154 Å². The third kappa shape index (κ3) is 3.06. The maximum Gasteiger partial charge on any atom is 0.144 e. The van der Waals surface area contributed by atoms with Crippen LogP contribution in [-0.4, -0.2) is 48.5 Å². The summed E-state index contributed by atoms with van der Waals surface area (Å²) >= 11 is 3.19. The van der Waals surface area contributed by atoms with Gasteiger partial charge in [0.25, 0.3) is 0 Å². The van der Waals surface area contributed by atoms with Gasteiger partial charge in [0, 0.05) is 16.3 Å². The molecule has 4 rings (SSSR count). The summed E-state index contributed by atoms with van der Waals surface area (Å²) < 4.78 is 1.98. The van der Waals surface area contributed by atoms with Gasteiger partial charge in [-0.05, 0) is 30.9 Å². The molecule has 3 aromatic rings. The lowest BCUT2D eigenvalue weighted by molar-refractivity contribution is 0.0260. The minimum Gasteiger partial charge on any atom is -0.389 e. The van der Waals surface area contributed by atoms with E-state index in [4.69, 9.17) is 0 Å². The average molecular weight is 374 g/mol. The minimum atomic E-state index is -0.784. The Hall–Kier alpha value is -1.54. The van der Waals surface area contributed by atoms with Crippen molar-refractivity contribution in [2.24, 2.45) is 0 Å². The third-order valence-electron chi connectivity index (χ3n) is 4.69. The minimum absolute atomic E-state index is 0.0393. The molecular formula is C18H19N3O2S2. The van der Waals surface area contributed by atoms with Crippen LogP contribution in [0.15, 0.2) is 58.8 Å². The van der Waals surface area contributed by atoms with E-state index in [-0.39, 0.29) is 11.3 Å². The number of benzene rings is 1. The van der Waals surface area contributed by atoms with Crippen molar-refractivity contribution in [2.75, 3.05) is 6.26 Å². The molecule has 1 aliphatic rings. The number of aliphatic hydroxyl groups excluding tert-OH is 2. The van der Waals surface area contributed by atoms with E-state index in [0.29, 0.717) is 0 Å². The lowest BCUT2D eigenvalue weighted by atomic mass is 10.2. The van der Waals surface area contributed by atoms with Crippen LogP contribution in [0.2, 0.25) is 0 Å². The van der Waals surface area contributed by atoms with Gasteiger partial charge in [-0.1, -0.05) is 30.0 Å². The van der Waals surface area contributed by atoms with Crippen LogP contribution in [0.25, 0.3) is 11.0 Å². The molecule has 130 valence electrons. The van der Waals surface area contributed by atoms with E-state index in [1.165, 1.54) is 0 Å². The van der Waals surface area contributed by atoms with Crippen LogP contribution in [-0.2, 0) is 0 Å². The first-order chi connectivity index (χ1) is 12.2. The van der Waals surface area contributed by atoms with Crippen molar-refractivity contribution in [3.63, 3.8) is 0 Å². The molecule has 0 unspecified atom stereocenters. The topological polar surface area (TPSA) is 71.2 Å². The van der Waals surface area contributed by atoms with Crippen LogP contribution in [0.3, 0.4) is 0 Å². The van der Waals surface area contributed by atoms with E-state index < -0.39 is 12.2 Å². The second-order valence-corrected chi connectivity index (χ2v) is 8.25. The molecule has 0 amide bonds. The summed E-state index contributed by atoms with van der Waals surface area (Å²) in [6.07, 6.45) is 4.70. The van der Waals surface area contributed by atoms with E-state index in [1.807, 2.05) is 41.3 Å². The number of thioether (sulfide) groups is 1. The largest absolute Gasteiger partial charge is 0.389 e. The third-order valence-corrected chi connectivity index (χ3v) is 6.79. The van der Waals surface area contributed by atoms with Crippen LogP contribution in [0.1, 0.15) is 12.5 Å². The van der Waals surface area contributed by atoms with Gasteiger partial charge in [-0.3, -0.25) is 0 Å². The first kappa shape index (κ1) is 16.9. The van der Waals surface area contributed by atoms with Gasteiger partial charge in [0.05, 0.1) is 17.5 Å². The molecule has 0 spiro atoms. The standard InChI is InChI=1S/C18H19N3O2S2/c1-24-14-9-13(15(22)16(14)23)21-8-7-12-17(21)19-10-20-18(12)25-11-5-3-2-4-6-11/h2-8,10,13-16,22-23H,9H2,1H3/t13-,14-,15+,16+/m1/s1. The summed E-state index contributed by atoms with van der Waals surface area (Å²) in [6.45, 7) is 0. The van der Waals surface area contributed by atoms with Crippen molar-refractivity contribution in [3.05, 3.63) is 48.9 Å². The summed E-state index contributed by atoms with van der Waals surface area (Å²) in [4.78, 5) is 9.99. The zero-order chi connectivity index (χ0) is 17.4. The molecule has 2 aromatic heterocycles. The van der Waals surface area contributed by atoms with Gasteiger partial charge < -0.3 is 14.8 Å². The molecule has 1 fully saturated rings. The molecule has 0 bridgehead atoms. The molecule has 2 heterocycles. The molecule has 4 atom stereocenters. The summed E-state index contributed by atoms with van der Waals surface area (Å²) in [5.41, 5.74) is 0.798. The van der Waals surface area contributed by atoms with Crippen LogP contribution in [0, 0.1) is 0 Å². The molecule has 2 N–H and O–H groups in total. The number of aromatic nitrogens is 3. The Morgan fingerprint density at radius 3 is 2.60 bits per heavy atom. The van der Waals surface area contributed by atoms with Crippen LogP contribution in [0.5, 0.6) is 0 Å². The number of nitrogens with zero attached hydrogens (tertiary/aromatic N) is 3.